The third-order valence-corrected chi connectivity index (χ3v) is 9.55. The van der Waals surface area contributed by atoms with E-state index in [1.165, 1.54) is 10.4 Å². The standard InChI is InChI=1S/C34H42N4O4S/c39-31-30(15-7-8-20-35-33(41)42-26-28-12-5-2-6-13-28)36-32(40)34(38(31)22-17-29-14-9-25-43-29)18-23-37(24-19-34)21-16-27-10-3-1-4-11-27/h1-6,9-14,25,30H,7-8,15-24,26H2,(H,35,41)(H,36,40)/t30-/m0/s1. The number of nitrogens with one attached hydrogen (secondary N) is 2. The first-order valence-electron chi connectivity index (χ1n) is 15.4. The maximum absolute atomic E-state index is 13.9. The maximum Gasteiger partial charge on any atom is 0.407 e. The van der Waals surface area contributed by atoms with Crippen LogP contribution in [0, 0.1) is 0 Å². The van der Waals surface area contributed by atoms with Crippen LogP contribution in [0.1, 0.15) is 48.1 Å². The van der Waals surface area contributed by atoms with Gasteiger partial charge in [-0.25, -0.2) is 4.79 Å². The van der Waals surface area contributed by atoms with Crippen LogP contribution in [-0.4, -0.2) is 72.0 Å². The van der Waals surface area contributed by atoms with E-state index in [-0.39, 0.29) is 18.4 Å². The molecule has 0 saturated carbocycles. The summed E-state index contributed by atoms with van der Waals surface area (Å²) in [5.41, 5.74) is 1.45. The van der Waals surface area contributed by atoms with E-state index >= 15 is 0 Å². The number of hydrogen-bond acceptors (Lipinski definition) is 6. The summed E-state index contributed by atoms with van der Waals surface area (Å²) in [6.07, 6.45) is 4.49. The lowest BCUT2D eigenvalue weighted by atomic mass is 9.81. The van der Waals surface area contributed by atoms with Gasteiger partial charge in [0.15, 0.2) is 0 Å². The molecule has 8 nitrogen and oxygen atoms in total. The van der Waals surface area contributed by atoms with Crippen LogP contribution in [-0.2, 0) is 33.8 Å². The van der Waals surface area contributed by atoms with Crippen molar-refractivity contribution in [3.63, 3.8) is 0 Å². The van der Waals surface area contributed by atoms with Gasteiger partial charge in [-0.15, -0.1) is 11.3 Å². The number of nitrogens with zero attached hydrogens (tertiary/aromatic N) is 2. The fourth-order valence-corrected chi connectivity index (χ4v) is 6.78. The first-order valence-corrected chi connectivity index (χ1v) is 16.3. The van der Waals surface area contributed by atoms with Crippen LogP contribution in [0.25, 0.3) is 0 Å². The van der Waals surface area contributed by atoms with Crippen LogP contribution in [0.5, 0.6) is 0 Å². The van der Waals surface area contributed by atoms with Crippen LogP contribution in [0.4, 0.5) is 4.79 Å². The lowest BCUT2D eigenvalue weighted by Gasteiger charge is -2.51. The van der Waals surface area contributed by atoms with Gasteiger partial charge in [0, 0.05) is 37.6 Å². The van der Waals surface area contributed by atoms with Crippen molar-refractivity contribution >= 4 is 29.2 Å². The molecule has 3 heterocycles. The van der Waals surface area contributed by atoms with Crippen molar-refractivity contribution in [2.75, 3.05) is 32.7 Å². The maximum atomic E-state index is 13.9. The molecule has 0 bridgehead atoms. The lowest BCUT2D eigenvalue weighted by Crippen LogP contribution is -2.73. The van der Waals surface area contributed by atoms with E-state index in [2.05, 4.69) is 51.2 Å². The second-order valence-electron chi connectivity index (χ2n) is 11.4. The number of alkyl carbamates (subject to hydrolysis) is 1. The summed E-state index contributed by atoms with van der Waals surface area (Å²) in [5, 5.41) is 7.93. The highest BCUT2D eigenvalue weighted by Gasteiger charge is 2.53. The highest BCUT2D eigenvalue weighted by atomic mass is 32.1. The van der Waals surface area contributed by atoms with E-state index in [9.17, 15) is 14.4 Å². The summed E-state index contributed by atoms with van der Waals surface area (Å²) >= 11 is 1.69. The molecule has 2 aliphatic rings. The number of carbonyl (C=O) groups is 3. The Balaban J connectivity index is 1.12. The number of likely N-dealkylation sites (tertiary alicyclic amines) is 1. The summed E-state index contributed by atoms with van der Waals surface area (Å²) in [7, 11) is 0. The monoisotopic (exact) mass is 602 g/mol. The molecule has 0 radical (unpaired) electrons. The molecule has 2 aromatic carbocycles. The molecule has 9 heteroatoms. The average molecular weight is 603 g/mol. The SMILES string of the molecule is O=C(NCCCC[C@@H]1NC(=O)C2(CCN(CCc3ccccc3)CC2)N(CCc2cccs2)C1=O)OCc1ccccc1. The zero-order valence-electron chi connectivity index (χ0n) is 24.7. The summed E-state index contributed by atoms with van der Waals surface area (Å²) in [6, 6.07) is 23.6. The van der Waals surface area contributed by atoms with Crippen LogP contribution in [0.2, 0.25) is 0 Å². The van der Waals surface area contributed by atoms with Crippen molar-refractivity contribution in [3.8, 4) is 0 Å². The second kappa shape index (κ2) is 15.2. The number of ether oxygens (including phenoxy) is 1. The van der Waals surface area contributed by atoms with Crippen molar-refractivity contribution in [1.82, 2.24) is 20.4 Å². The molecule has 2 N–H and O–H groups in total. The molecule has 2 saturated heterocycles. The molecule has 2 aliphatic heterocycles. The molecule has 1 atom stereocenters. The van der Waals surface area contributed by atoms with Gasteiger partial charge in [-0.05, 0) is 67.5 Å². The highest BCUT2D eigenvalue weighted by molar-refractivity contribution is 7.09. The van der Waals surface area contributed by atoms with E-state index in [1.54, 1.807) is 11.3 Å². The third-order valence-electron chi connectivity index (χ3n) is 8.62. The Labute approximate surface area is 258 Å². The van der Waals surface area contributed by atoms with Gasteiger partial charge in [0.2, 0.25) is 11.8 Å². The Morgan fingerprint density at radius 3 is 2.33 bits per heavy atom. The van der Waals surface area contributed by atoms with E-state index in [1.807, 2.05) is 47.4 Å². The molecule has 1 aromatic heterocycles. The van der Waals surface area contributed by atoms with E-state index < -0.39 is 17.7 Å². The zero-order valence-corrected chi connectivity index (χ0v) is 25.5. The van der Waals surface area contributed by atoms with Gasteiger partial charge < -0.3 is 25.2 Å². The number of thiophene rings is 1. The normalized spacial score (nSPS) is 18.4. The average Bonchev–Trinajstić information content (AvgIpc) is 3.57. The Bertz CT molecular complexity index is 1310. The molecule has 3 aromatic rings. The molecule has 0 unspecified atom stereocenters. The first kappa shape index (κ1) is 30.8. The fourth-order valence-electron chi connectivity index (χ4n) is 6.09. The molecule has 0 aliphatic carbocycles. The number of hydrogen-bond donors (Lipinski definition) is 2. The Morgan fingerprint density at radius 2 is 1.63 bits per heavy atom. The predicted octanol–water partition coefficient (Wildman–Crippen LogP) is 4.79. The Kier molecular flexibility index (Phi) is 10.8. The second-order valence-corrected chi connectivity index (χ2v) is 12.5. The van der Waals surface area contributed by atoms with Gasteiger partial charge in [0.05, 0.1) is 0 Å². The minimum Gasteiger partial charge on any atom is -0.445 e. The van der Waals surface area contributed by atoms with E-state index in [4.69, 9.17) is 4.74 Å². The molecule has 2 fully saturated rings. The first-order chi connectivity index (χ1) is 21.0. The van der Waals surface area contributed by atoms with Crippen LogP contribution in [0.15, 0.2) is 78.2 Å². The smallest absolute Gasteiger partial charge is 0.407 e. The summed E-state index contributed by atoms with van der Waals surface area (Å²) < 4.78 is 5.27. The van der Waals surface area contributed by atoms with E-state index in [0.717, 1.165) is 38.0 Å². The quantitative estimate of drug-likeness (QED) is 0.275. The van der Waals surface area contributed by atoms with Gasteiger partial charge in [-0.3, -0.25) is 9.59 Å². The van der Waals surface area contributed by atoms with Gasteiger partial charge in [-0.1, -0.05) is 66.7 Å². The van der Waals surface area contributed by atoms with Crippen molar-refractivity contribution < 1.29 is 19.1 Å². The van der Waals surface area contributed by atoms with Gasteiger partial charge in [0.25, 0.3) is 0 Å². The van der Waals surface area contributed by atoms with Gasteiger partial charge >= 0.3 is 6.09 Å². The predicted molar refractivity (Wildman–Crippen MR) is 169 cm³/mol. The molecule has 5 rings (SSSR count). The number of benzene rings is 2. The third kappa shape index (κ3) is 8.24. The van der Waals surface area contributed by atoms with Gasteiger partial charge in [0.1, 0.15) is 18.2 Å². The van der Waals surface area contributed by atoms with Crippen LogP contribution in [0.3, 0.4) is 0 Å². The van der Waals surface area contributed by atoms with Crippen molar-refractivity contribution in [2.45, 2.75) is 63.1 Å². The Morgan fingerprint density at radius 1 is 0.907 bits per heavy atom. The number of rotatable bonds is 13. The summed E-state index contributed by atoms with van der Waals surface area (Å²) in [4.78, 5) is 45.2. The fraction of sp³-hybridized carbons (Fsp3) is 0.441. The number of carbonyl (C=O) groups excluding carboxylic acids is 3. The molecular formula is C34H42N4O4S. The Hall–Kier alpha value is -3.69. The number of amides is 3. The summed E-state index contributed by atoms with van der Waals surface area (Å²) in [6.45, 7) is 3.75. The number of piperazine rings is 1. The van der Waals surface area contributed by atoms with Crippen molar-refractivity contribution in [2.24, 2.45) is 0 Å². The minimum absolute atomic E-state index is 0.0177. The topological polar surface area (TPSA) is 91.0 Å². The zero-order chi connectivity index (χ0) is 29.9. The molecular weight excluding hydrogens is 560 g/mol. The highest BCUT2D eigenvalue weighted by Crippen LogP contribution is 2.34. The largest absolute Gasteiger partial charge is 0.445 e. The summed E-state index contributed by atoms with van der Waals surface area (Å²) in [5.74, 6) is -0.00211. The number of unbranched alkanes of at least 4 members (excludes halogenated alkanes) is 1. The number of piperidine rings is 1. The minimum atomic E-state index is -0.793. The van der Waals surface area contributed by atoms with E-state index in [0.29, 0.717) is 45.2 Å². The van der Waals surface area contributed by atoms with Crippen LogP contribution < -0.4 is 10.6 Å². The molecule has 3 amide bonds. The molecule has 228 valence electrons. The van der Waals surface area contributed by atoms with Crippen molar-refractivity contribution in [1.29, 1.82) is 0 Å². The molecule has 43 heavy (non-hydrogen) atoms. The van der Waals surface area contributed by atoms with Gasteiger partial charge in [-0.2, -0.15) is 0 Å². The molecule has 1 spiro atoms. The lowest BCUT2D eigenvalue weighted by molar-refractivity contribution is -0.161. The van der Waals surface area contributed by atoms with Crippen LogP contribution >= 0.6 is 11.3 Å². The van der Waals surface area contributed by atoms with Crippen molar-refractivity contribution in [3.05, 3.63) is 94.2 Å².